The molecule has 3 nitrogen and oxygen atoms in total. The van der Waals surface area contributed by atoms with Gasteiger partial charge in [-0.2, -0.15) is 0 Å². The lowest BCUT2D eigenvalue weighted by molar-refractivity contribution is -0.125. The van der Waals surface area contributed by atoms with Crippen molar-refractivity contribution in [3.05, 3.63) is 35.6 Å². The van der Waals surface area contributed by atoms with Crippen LogP contribution >= 0.6 is 12.2 Å². The summed E-state index contributed by atoms with van der Waals surface area (Å²) in [5, 5.41) is 3.25. The van der Waals surface area contributed by atoms with Crippen LogP contribution in [0.3, 0.4) is 0 Å². The number of hydrogen-bond acceptors (Lipinski definition) is 2. The van der Waals surface area contributed by atoms with Gasteiger partial charge in [0.15, 0.2) is 5.11 Å². The van der Waals surface area contributed by atoms with Crippen molar-refractivity contribution >= 4 is 23.2 Å². The Labute approximate surface area is 98.2 Å². The summed E-state index contributed by atoms with van der Waals surface area (Å²) >= 11 is 5.04. The summed E-state index contributed by atoms with van der Waals surface area (Å²) in [4.78, 5) is 13.1. The molecule has 0 aromatic heterocycles. The molecule has 1 aromatic rings. The number of halogens is 1. The third kappa shape index (κ3) is 1.90. The topological polar surface area (TPSA) is 32.3 Å². The Morgan fingerprint density at radius 3 is 2.56 bits per heavy atom. The summed E-state index contributed by atoms with van der Waals surface area (Å²) in [6, 6.07) is 5.91. The van der Waals surface area contributed by atoms with Crippen LogP contribution in [0.25, 0.3) is 0 Å². The molecule has 1 saturated heterocycles. The second kappa shape index (κ2) is 4.17. The van der Waals surface area contributed by atoms with Crippen molar-refractivity contribution in [1.29, 1.82) is 0 Å². The van der Waals surface area contributed by atoms with Crippen LogP contribution in [-0.2, 0) is 4.79 Å². The van der Waals surface area contributed by atoms with Crippen LogP contribution in [0.1, 0.15) is 18.5 Å². The van der Waals surface area contributed by atoms with E-state index in [1.807, 2.05) is 6.92 Å². The Bertz CT molecular complexity index is 416. The Morgan fingerprint density at radius 1 is 1.44 bits per heavy atom. The molecular weight excluding hydrogens is 227 g/mol. The molecule has 2 rings (SSSR count). The molecule has 1 atom stereocenters. The summed E-state index contributed by atoms with van der Waals surface area (Å²) in [6.45, 7) is 2.11. The van der Waals surface area contributed by atoms with Gasteiger partial charge in [0.1, 0.15) is 5.82 Å². The molecule has 1 fully saturated rings. The minimum absolute atomic E-state index is 0.0539. The quantitative estimate of drug-likeness (QED) is 0.794. The van der Waals surface area contributed by atoms with E-state index in [-0.39, 0.29) is 24.3 Å². The van der Waals surface area contributed by atoms with Gasteiger partial charge in [-0.15, -0.1) is 0 Å². The molecule has 0 unspecified atom stereocenters. The highest BCUT2D eigenvalue weighted by molar-refractivity contribution is 7.80. The van der Waals surface area contributed by atoms with E-state index in [1.165, 1.54) is 17.0 Å². The summed E-state index contributed by atoms with van der Waals surface area (Å²) < 4.78 is 12.8. The van der Waals surface area contributed by atoms with E-state index in [2.05, 4.69) is 5.32 Å². The second-order valence-electron chi connectivity index (χ2n) is 3.65. The summed E-state index contributed by atoms with van der Waals surface area (Å²) in [6.07, 6.45) is 0. The zero-order valence-corrected chi connectivity index (χ0v) is 9.55. The maximum atomic E-state index is 12.8. The minimum atomic E-state index is -0.288. The largest absolute Gasteiger partial charge is 0.353 e. The molecule has 0 aliphatic carbocycles. The van der Waals surface area contributed by atoms with Crippen LogP contribution in [0, 0.1) is 5.82 Å². The number of nitrogens with one attached hydrogen (secondary N) is 1. The number of carbonyl (C=O) groups excluding carboxylic acids is 1. The van der Waals surface area contributed by atoms with Gasteiger partial charge >= 0.3 is 0 Å². The SMILES string of the molecule is C[C@H](c1ccc(F)cc1)N1C(=O)CNC1=S. The Hall–Kier alpha value is -1.49. The van der Waals surface area contributed by atoms with Crippen molar-refractivity contribution < 1.29 is 9.18 Å². The number of hydrogen-bond donors (Lipinski definition) is 1. The smallest absolute Gasteiger partial charge is 0.248 e. The molecule has 0 saturated carbocycles. The van der Waals surface area contributed by atoms with Gasteiger partial charge in [0.2, 0.25) is 5.91 Å². The maximum Gasteiger partial charge on any atom is 0.248 e. The van der Waals surface area contributed by atoms with Crippen LogP contribution in [-0.4, -0.2) is 22.5 Å². The van der Waals surface area contributed by atoms with Crippen LogP contribution in [0.2, 0.25) is 0 Å². The van der Waals surface area contributed by atoms with Crippen LogP contribution in [0.4, 0.5) is 4.39 Å². The van der Waals surface area contributed by atoms with Crippen molar-refractivity contribution in [2.75, 3.05) is 6.54 Å². The molecule has 1 aliphatic rings. The fourth-order valence-electron chi connectivity index (χ4n) is 1.72. The summed E-state index contributed by atoms with van der Waals surface area (Å²) in [7, 11) is 0. The number of rotatable bonds is 2. The molecule has 1 aromatic carbocycles. The molecule has 0 spiro atoms. The van der Waals surface area contributed by atoms with Gasteiger partial charge in [-0.1, -0.05) is 12.1 Å². The van der Waals surface area contributed by atoms with Crippen LogP contribution in [0.15, 0.2) is 24.3 Å². The van der Waals surface area contributed by atoms with Crippen molar-refractivity contribution in [2.45, 2.75) is 13.0 Å². The molecule has 1 heterocycles. The fraction of sp³-hybridized carbons (Fsp3) is 0.273. The normalized spacial score (nSPS) is 17.5. The Balaban J connectivity index is 2.24. The van der Waals surface area contributed by atoms with E-state index in [4.69, 9.17) is 12.2 Å². The molecule has 16 heavy (non-hydrogen) atoms. The average molecular weight is 238 g/mol. The lowest BCUT2D eigenvalue weighted by atomic mass is 10.1. The minimum Gasteiger partial charge on any atom is -0.353 e. The second-order valence-corrected chi connectivity index (χ2v) is 4.04. The molecule has 0 radical (unpaired) electrons. The van der Waals surface area contributed by atoms with Crippen molar-refractivity contribution in [3.8, 4) is 0 Å². The highest BCUT2D eigenvalue weighted by Crippen LogP contribution is 2.22. The number of nitrogens with zero attached hydrogens (tertiary/aromatic N) is 1. The fourth-order valence-corrected chi connectivity index (χ4v) is 2.05. The van der Waals surface area contributed by atoms with E-state index < -0.39 is 0 Å². The average Bonchev–Trinajstić information content (AvgIpc) is 2.59. The first-order valence-electron chi connectivity index (χ1n) is 4.95. The van der Waals surface area contributed by atoms with Gasteiger partial charge in [-0.25, -0.2) is 4.39 Å². The number of thiocarbonyl (C=S) groups is 1. The molecule has 1 N–H and O–H groups in total. The van der Waals surface area contributed by atoms with Crippen molar-refractivity contribution in [2.24, 2.45) is 0 Å². The summed E-state index contributed by atoms with van der Waals surface area (Å²) in [5.74, 6) is -0.341. The van der Waals surface area contributed by atoms with E-state index >= 15 is 0 Å². The molecule has 5 heteroatoms. The van der Waals surface area contributed by atoms with E-state index in [9.17, 15) is 9.18 Å². The third-order valence-corrected chi connectivity index (χ3v) is 2.96. The highest BCUT2D eigenvalue weighted by Gasteiger charge is 2.30. The molecule has 84 valence electrons. The Morgan fingerprint density at radius 2 is 2.06 bits per heavy atom. The van der Waals surface area contributed by atoms with Gasteiger partial charge < -0.3 is 5.32 Å². The number of benzene rings is 1. The van der Waals surface area contributed by atoms with E-state index in [0.717, 1.165) is 5.56 Å². The summed E-state index contributed by atoms with van der Waals surface area (Å²) in [5.41, 5.74) is 0.862. The molecular formula is C11H11FN2OS. The molecule has 1 amide bonds. The highest BCUT2D eigenvalue weighted by atomic mass is 32.1. The number of carbonyl (C=O) groups is 1. The van der Waals surface area contributed by atoms with Crippen LogP contribution in [0.5, 0.6) is 0 Å². The van der Waals surface area contributed by atoms with Crippen molar-refractivity contribution in [3.63, 3.8) is 0 Å². The van der Waals surface area contributed by atoms with E-state index in [0.29, 0.717) is 5.11 Å². The predicted molar refractivity (Wildman–Crippen MR) is 62.3 cm³/mol. The van der Waals surface area contributed by atoms with Gasteiger partial charge in [0.05, 0.1) is 12.6 Å². The van der Waals surface area contributed by atoms with Crippen molar-refractivity contribution in [1.82, 2.24) is 10.2 Å². The Kier molecular flexibility index (Phi) is 2.87. The van der Waals surface area contributed by atoms with Gasteiger partial charge in [-0.05, 0) is 36.8 Å². The zero-order valence-electron chi connectivity index (χ0n) is 8.74. The molecule has 1 aliphatic heterocycles. The van der Waals surface area contributed by atoms with Gasteiger partial charge in [-0.3, -0.25) is 9.69 Å². The lowest BCUT2D eigenvalue weighted by Gasteiger charge is -2.23. The van der Waals surface area contributed by atoms with Gasteiger partial charge in [0, 0.05) is 0 Å². The first kappa shape index (κ1) is 11.0. The molecule has 0 bridgehead atoms. The standard InChI is InChI=1S/C11H11FN2OS/c1-7(8-2-4-9(12)5-3-8)14-10(15)6-13-11(14)16/h2-5,7H,6H2,1H3,(H,13,16)/t7-/m1/s1. The third-order valence-electron chi connectivity index (χ3n) is 2.62. The van der Waals surface area contributed by atoms with E-state index in [1.54, 1.807) is 12.1 Å². The maximum absolute atomic E-state index is 12.8. The zero-order chi connectivity index (χ0) is 11.7. The van der Waals surface area contributed by atoms with Crippen LogP contribution < -0.4 is 5.32 Å². The first-order chi connectivity index (χ1) is 7.59. The monoisotopic (exact) mass is 238 g/mol. The lowest BCUT2D eigenvalue weighted by Crippen LogP contribution is -2.33. The number of amides is 1. The predicted octanol–water partition coefficient (Wildman–Crippen LogP) is 1.60. The first-order valence-corrected chi connectivity index (χ1v) is 5.36. The van der Waals surface area contributed by atoms with Gasteiger partial charge in [0.25, 0.3) is 0 Å².